The van der Waals surface area contributed by atoms with Gasteiger partial charge in [0.15, 0.2) is 0 Å². The molecule has 7 heteroatoms. The minimum atomic E-state index is -4.62. The van der Waals surface area contributed by atoms with Crippen LogP contribution in [0, 0.1) is 0 Å². The van der Waals surface area contributed by atoms with E-state index in [-0.39, 0.29) is 17.3 Å². The van der Waals surface area contributed by atoms with E-state index in [0.717, 1.165) is 23.8 Å². The Morgan fingerprint density at radius 3 is 2.35 bits per heavy atom. The SMILES string of the molecule is C[C@@H](NC(=O)c1cc(NO)cc(C(F)(F)F)c1)c1ccccc1. The average molecular weight is 324 g/mol. The van der Waals surface area contributed by atoms with Crippen molar-refractivity contribution in [2.45, 2.75) is 19.1 Å². The first-order chi connectivity index (χ1) is 10.8. The number of carbonyl (C=O) groups excluding carboxylic acids is 1. The van der Waals surface area contributed by atoms with Gasteiger partial charge in [-0.05, 0) is 30.7 Å². The maximum atomic E-state index is 12.8. The number of nitrogens with one attached hydrogen (secondary N) is 2. The lowest BCUT2D eigenvalue weighted by Gasteiger charge is -2.16. The van der Waals surface area contributed by atoms with Crippen molar-refractivity contribution in [1.82, 2.24) is 5.32 Å². The average Bonchev–Trinajstić information content (AvgIpc) is 2.54. The topological polar surface area (TPSA) is 61.4 Å². The summed E-state index contributed by atoms with van der Waals surface area (Å²) in [6.45, 7) is 1.73. The van der Waals surface area contributed by atoms with Gasteiger partial charge in [0.05, 0.1) is 17.3 Å². The van der Waals surface area contributed by atoms with Gasteiger partial charge in [-0.1, -0.05) is 30.3 Å². The summed E-state index contributed by atoms with van der Waals surface area (Å²) in [5, 5.41) is 11.5. The summed E-state index contributed by atoms with van der Waals surface area (Å²) in [6.07, 6.45) is -4.62. The molecule has 0 spiro atoms. The molecule has 0 saturated carbocycles. The van der Waals surface area contributed by atoms with Gasteiger partial charge < -0.3 is 5.32 Å². The van der Waals surface area contributed by atoms with Crippen LogP contribution in [-0.2, 0) is 6.18 Å². The van der Waals surface area contributed by atoms with E-state index >= 15 is 0 Å². The molecule has 122 valence electrons. The fourth-order valence-corrected chi connectivity index (χ4v) is 2.09. The van der Waals surface area contributed by atoms with E-state index in [0.29, 0.717) is 0 Å². The highest BCUT2D eigenvalue weighted by molar-refractivity contribution is 5.95. The van der Waals surface area contributed by atoms with Crippen LogP contribution in [0.2, 0.25) is 0 Å². The Bertz CT molecular complexity index is 687. The summed E-state index contributed by atoms with van der Waals surface area (Å²) < 4.78 is 38.5. The fraction of sp³-hybridized carbons (Fsp3) is 0.188. The maximum absolute atomic E-state index is 12.8. The van der Waals surface area contributed by atoms with Crippen LogP contribution in [0.15, 0.2) is 48.5 Å². The molecule has 3 N–H and O–H groups in total. The smallest absolute Gasteiger partial charge is 0.346 e. The molecule has 0 radical (unpaired) electrons. The van der Waals surface area contributed by atoms with Crippen molar-refractivity contribution in [2.75, 3.05) is 5.48 Å². The monoisotopic (exact) mass is 324 g/mol. The normalized spacial score (nSPS) is 12.6. The lowest BCUT2D eigenvalue weighted by atomic mass is 10.1. The van der Waals surface area contributed by atoms with Crippen molar-refractivity contribution in [1.29, 1.82) is 0 Å². The molecule has 4 nitrogen and oxygen atoms in total. The van der Waals surface area contributed by atoms with E-state index in [2.05, 4.69) is 5.32 Å². The van der Waals surface area contributed by atoms with Crippen molar-refractivity contribution in [2.24, 2.45) is 0 Å². The van der Waals surface area contributed by atoms with Crippen LogP contribution in [0.25, 0.3) is 0 Å². The minimum Gasteiger partial charge on any atom is -0.346 e. The first-order valence-electron chi connectivity index (χ1n) is 6.79. The Morgan fingerprint density at radius 1 is 1.13 bits per heavy atom. The van der Waals surface area contributed by atoms with Gasteiger partial charge in [0.1, 0.15) is 0 Å². The summed E-state index contributed by atoms with van der Waals surface area (Å²) in [5.74, 6) is -0.663. The number of carbonyl (C=O) groups is 1. The van der Waals surface area contributed by atoms with Crippen molar-refractivity contribution >= 4 is 11.6 Å². The zero-order valence-electron chi connectivity index (χ0n) is 12.2. The van der Waals surface area contributed by atoms with Crippen LogP contribution in [0.1, 0.15) is 34.5 Å². The Balaban J connectivity index is 2.25. The molecule has 0 aliphatic heterocycles. The highest BCUT2D eigenvalue weighted by Crippen LogP contribution is 2.32. The lowest BCUT2D eigenvalue weighted by Crippen LogP contribution is -2.27. The van der Waals surface area contributed by atoms with E-state index < -0.39 is 17.6 Å². The van der Waals surface area contributed by atoms with Crippen LogP contribution in [0.5, 0.6) is 0 Å². The second-order valence-electron chi connectivity index (χ2n) is 5.01. The van der Waals surface area contributed by atoms with Gasteiger partial charge in [-0.3, -0.25) is 15.5 Å². The van der Waals surface area contributed by atoms with E-state index in [1.54, 1.807) is 36.7 Å². The van der Waals surface area contributed by atoms with Crippen molar-refractivity contribution < 1.29 is 23.2 Å². The van der Waals surface area contributed by atoms with Crippen LogP contribution in [0.3, 0.4) is 0 Å². The van der Waals surface area contributed by atoms with Gasteiger partial charge in [0.25, 0.3) is 5.91 Å². The predicted molar refractivity (Wildman–Crippen MR) is 79.2 cm³/mol. The predicted octanol–water partition coefficient (Wildman–Crippen LogP) is 4.00. The molecule has 2 aromatic carbocycles. The quantitative estimate of drug-likeness (QED) is 0.745. The first-order valence-corrected chi connectivity index (χ1v) is 6.79. The molecule has 0 aliphatic rings. The standard InChI is InChI=1S/C16H15F3N2O2/c1-10(11-5-3-2-4-6-11)20-15(22)12-7-13(16(17,18)19)9-14(8-12)21-23/h2-10,21,23H,1H3,(H,20,22)/t10-/m1/s1. The summed E-state index contributed by atoms with van der Waals surface area (Å²) in [4.78, 5) is 12.2. The summed E-state index contributed by atoms with van der Waals surface area (Å²) in [6, 6.07) is 11.3. The zero-order chi connectivity index (χ0) is 17.0. The van der Waals surface area contributed by atoms with Gasteiger partial charge in [-0.2, -0.15) is 13.2 Å². The number of benzene rings is 2. The number of halogens is 3. The summed E-state index contributed by atoms with van der Waals surface area (Å²) in [7, 11) is 0. The molecule has 0 saturated heterocycles. The van der Waals surface area contributed by atoms with Crippen molar-refractivity contribution in [3.05, 3.63) is 65.2 Å². The largest absolute Gasteiger partial charge is 0.416 e. The number of hydrogen-bond acceptors (Lipinski definition) is 3. The Hall–Kier alpha value is -2.54. The lowest BCUT2D eigenvalue weighted by molar-refractivity contribution is -0.137. The number of anilines is 1. The van der Waals surface area contributed by atoms with Crippen molar-refractivity contribution in [3.8, 4) is 0 Å². The highest BCUT2D eigenvalue weighted by Gasteiger charge is 2.32. The number of hydrogen-bond donors (Lipinski definition) is 3. The molecular weight excluding hydrogens is 309 g/mol. The molecule has 0 unspecified atom stereocenters. The Kier molecular flexibility index (Phi) is 4.90. The Morgan fingerprint density at radius 2 is 1.78 bits per heavy atom. The van der Waals surface area contributed by atoms with Gasteiger partial charge in [0, 0.05) is 5.56 Å². The molecule has 0 aliphatic carbocycles. The van der Waals surface area contributed by atoms with Crippen LogP contribution in [-0.4, -0.2) is 11.1 Å². The molecule has 0 fully saturated rings. The number of alkyl halides is 3. The maximum Gasteiger partial charge on any atom is 0.416 e. The highest BCUT2D eigenvalue weighted by atomic mass is 19.4. The van der Waals surface area contributed by atoms with Crippen molar-refractivity contribution in [3.63, 3.8) is 0 Å². The molecule has 2 aromatic rings. The third-order valence-corrected chi connectivity index (χ3v) is 3.30. The van der Waals surface area contributed by atoms with Crippen LogP contribution in [0.4, 0.5) is 18.9 Å². The van der Waals surface area contributed by atoms with E-state index in [1.807, 2.05) is 6.07 Å². The summed E-state index contributed by atoms with van der Waals surface area (Å²) >= 11 is 0. The fourth-order valence-electron chi connectivity index (χ4n) is 2.09. The van der Waals surface area contributed by atoms with Gasteiger partial charge in [-0.25, -0.2) is 0 Å². The van der Waals surface area contributed by atoms with Gasteiger partial charge in [-0.15, -0.1) is 0 Å². The number of amides is 1. The molecule has 0 bridgehead atoms. The van der Waals surface area contributed by atoms with Gasteiger partial charge in [0.2, 0.25) is 0 Å². The molecule has 1 atom stereocenters. The van der Waals surface area contributed by atoms with Crippen LogP contribution < -0.4 is 10.8 Å². The molecule has 1 amide bonds. The van der Waals surface area contributed by atoms with E-state index in [1.165, 1.54) is 0 Å². The minimum absolute atomic E-state index is 0.195. The third kappa shape index (κ3) is 4.23. The Labute approximate surface area is 130 Å². The van der Waals surface area contributed by atoms with E-state index in [9.17, 15) is 18.0 Å². The second-order valence-corrected chi connectivity index (χ2v) is 5.01. The molecule has 0 aromatic heterocycles. The zero-order valence-corrected chi connectivity index (χ0v) is 12.2. The summed E-state index contributed by atoms with van der Waals surface area (Å²) in [5.41, 5.74) is 1.04. The van der Waals surface area contributed by atoms with E-state index in [4.69, 9.17) is 5.21 Å². The molecule has 2 rings (SSSR count). The second kappa shape index (κ2) is 6.70. The first kappa shape index (κ1) is 16.8. The molecule has 0 heterocycles. The van der Waals surface area contributed by atoms with Crippen LogP contribution >= 0.6 is 0 Å². The van der Waals surface area contributed by atoms with Gasteiger partial charge >= 0.3 is 6.18 Å². The number of rotatable bonds is 4. The molecular formula is C16H15F3N2O2. The third-order valence-electron chi connectivity index (χ3n) is 3.30. The molecule has 23 heavy (non-hydrogen) atoms.